The van der Waals surface area contributed by atoms with E-state index in [0.29, 0.717) is 37.1 Å². The number of carbonyl (C=O) groups excluding carboxylic acids is 2. The summed E-state index contributed by atoms with van der Waals surface area (Å²) in [5.41, 5.74) is 6.93. The standard InChI is InChI=1S/C27H36N6O5/c1-6-20-11-19(8-9-37-20)33(27(35)36-7-2)24-23-21(38-26(24)25(34)17(12-28)13-29-4)10-16(3)22(31-23)18-14-30-32(5)15-18/h10,12-13,15,19-20,28-30H,6-9,11,14H2,1-5H3/b17-13+,28-12?/t19-,20-/m0/s1. The third-order valence-corrected chi connectivity index (χ3v) is 6.79. The Balaban J connectivity index is 1.98. The number of amides is 1. The van der Waals surface area contributed by atoms with E-state index in [1.807, 2.05) is 38.2 Å². The van der Waals surface area contributed by atoms with Crippen molar-refractivity contribution in [1.29, 1.82) is 5.41 Å². The molecule has 0 aliphatic carbocycles. The van der Waals surface area contributed by atoms with Gasteiger partial charge in [-0.2, -0.15) is 0 Å². The van der Waals surface area contributed by atoms with Crippen LogP contribution in [0.2, 0.25) is 0 Å². The molecule has 0 unspecified atom stereocenters. The number of allylic oxidation sites excluding steroid dienone is 1. The lowest BCUT2D eigenvalue weighted by atomic mass is 9.98. The first-order valence-electron chi connectivity index (χ1n) is 12.9. The first-order chi connectivity index (χ1) is 18.3. The minimum atomic E-state index is -0.578. The van der Waals surface area contributed by atoms with Crippen molar-refractivity contribution >= 4 is 40.5 Å². The Labute approximate surface area is 222 Å². The number of fused-ring (bicyclic) bond motifs is 1. The quantitative estimate of drug-likeness (QED) is 0.255. The van der Waals surface area contributed by atoms with Gasteiger partial charge in [-0.25, -0.2) is 15.2 Å². The molecule has 0 bridgehead atoms. The van der Waals surface area contributed by atoms with E-state index >= 15 is 0 Å². The maximum Gasteiger partial charge on any atom is 0.414 e. The van der Waals surface area contributed by atoms with Crippen molar-refractivity contribution in [2.24, 2.45) is 0 Å². The van der Waals surface area contributed by atoms with E-state index < -0.39 is 11.9 Å². The van der Waals surface area contributed by atoms with Gasteiger partial charge in [0.25, 0.3) is 0 Å². The van der Waals surface area contributed by atoms with Gasteiger partial charge in [0.2, 0.25) is 11.5 Å². The second kappa shape index (κ2) is 11.8. The zero-order valence-corrected chi connectivity index (χ0v) is 22.6. The highest BCUT2D eigenvalue weighted by molar-refractivity contribution is 6.24. The predicted molar refractivity (Wildman–Crippen MR) is 145 cm³/mol. The number of rotatable bonds is 9. The molecule has 11 nitrogen and oxygen atoms in total. The fraction of sp³-hybridized carbons (Fsp3) is 0.481. The van der Waals surface area contributed by atoms with Crippen LogP contribution in [0.25, 0.3) is 16.7 Å². The SMILES string of the molecule is CCOC(=O)N(c1c(C(=O)/C(C=N)=C/NC)oc2cc(C)c(C3=CN(C)NC3)nc12)[C@H]1CCO[C@@H](CC)C1. The molecule has 1 saturated heterocycles. The molecular weight excluding hydrogens is 488 g/mol. The number of ether oxygens (including phenoxy) is 2. The van der Waals surface area contributed by atoms with E-state index in [4.69, 9.17) is 24.3 Å². The summed E-state index contributed by atoms with van der Waals surface area (Å²) in [4.78, 5) is 33.7. The molecule has 3 N–H and O–H groups in total. The molecule has 38 heavy (non-hydrogen) atoms. The van der Waals surface area contributed by atoms with Crippen LogP contribution < -0.4 is 15.6 Å². The van der Waals surface area contributed by atoms with Gasteiger partial charge in [-0.3, -0.25) is 9.69 Å². The van der Waals surface area contributed by atoms with Crippen molar-refractivity contribution in [3.8, 4) is 0 Å². The fourth-order valence-corrected chi connectivity index (χ4v) is 4.94. The number of carbonyl (C=O) groups is 2. The van der Waals surface area contributed by atoms with Crippen LogP contribution in [0, 0.1) is 12.3 Å². The molecule has 11 heteroatoms. The Morgan fingerprint density at radius 3 is 2.82 bits per heavy atom. The summed E-state index contributed by atoms with van der Waals surface area (Å²) in [5, 5.41) is 12.5. The number of furan rings is 1. The van der Waals surface area contributed by atoms with Crippen molar-refractivity contribution in [2.75, 3.05) is 38.8 Å². The second-order valence-electron chi connectivity index (χ2n) is 9.39. The van der Waals surface area contributed by atoms with Gasteiger partial charge in [0, 0.05) is 57.5 Å². The van der Waals surface area contributed by atoms with Crippen LogP contribution in [0.1, 0.15) is 54.9 Å². The van der Waals surface area contributed by atoms with Gasteiger partial charge in [0.15, 0.2) is 5.58 Å². The molecule has 0 radical (unpaired) electrons. The molecule has 1 amide bonds. The topological polar surface area (TPSA) is 133 Å². The highest BCUT2D eigenvalue weighted by Gasteiger charge is 2.38. The summed E-state index contributed by atoms with van der Waals surface area (Å²) in [6, 6.07) is 1.55. The van der Waals surface area contributed by atoms with E-state index in [-0.39, 0.29) is 35.8 Å². The molecule has 1 fully saturated rings. The van der Waals surface area contributed by atoms with E-state index in [0.717, 1.165) is 29.5 Å². The minimum Gasteiger partial charge on any atom is -0.449 e. The third-order valence-electron chi connectivity index (χ3n) is 6.79. The molecule has 2 atom stereocenters. The molecule has 0 aromatic carbocycles. The number of ketones is 1. The molecule has 0 spiro atoms. The lowest BCUT2D eigenvalue weighted by Gasteiger charge is -2.36. The maximum atomic E-state index is 13.7. The van der Waals surface area contributed by atoms with Crippen molar-refractivity contribution < 1.29 is 23.5 Å². The third kappa shape index (κ3) is 5.30. The molecule has 2 aromatic rings. The van der Waals surface area contributed by atoms with Gasteiger partial charge in [-0.05, 0) is 44.7 Å². The highest BCUT2D eigenvalue weighted by atomic mass is 16.6. The minimum absolute atomic E-state index is 0.0275. The van der Waals surface area contributed by atoms with Gasteiger partial charge in [-0.1, -0.05) is 6.92 Å². The molecule has 2 aromatic heterocycles. The number of nitrogens with one attached hydrogen (secondary N) is 3. The number of hydrogen-bond donors (Lipinski definition) is 3. The van der Waals surface area contributed by atoms with Crippen molar-refractivity contribution in [3.05, 3.63) is 41.1 Å². The number of hydrogen-bond acceptors (Lipinski definition) is 10. The summed E-state index contributed by atoms with van der Waals surface area (Å²) >= 11 is 0. The molecule has 204 valence electrons. The lowest BCUT2D eigenvalue weighted by molar-refractivity contribution is 0.00467. The normalized spacial score (nSPS) is 19.9. The summed E-state index contributed by atoms with van der Waals surface area (Å²) in [5.74, 6) is -0.589. The molecule has 2 aliphatic heterocycles. The van der Waals surface area contributed by atoms with Crippen LogP contribution >= 0.6 is 0 Å². The number of Topliss-reactive ketones (excluding diaryl/α,β-unsaturated/α-hetero) is 1. The van der Waals surface area contributed by atoms with Crippen LogP contribution in [0.5, 0.6) is 0 Å². The van der Waals surface area contributed by atoms with Crippen molar-refractivity contribution in [1.82, 2.24) is 20.7 Å². The fourth-order valence-electron chi connectivity index (χ4n) is 4.94. The highest BCUT2D eigenvalue weighted by Crippen LogP contribution is 2.39. The van der Waals surface area contributed by atoms with Gasteiger partial charge < -0.3 is 29.6 Å². The van der Waals surface area contributed by atoms with E-state index in [1.54, 1.807) is 14.0 Å². The Hall–Kier alpha value is -3.70. The predicted octanol–water partition coefficient (Wildman–Crippen LogP) is 3.78. The smallest absolute Gasteiger partial charge is 0.414 e. The summed E-state index contributed by atoms with van der Waals surface area (Å²) in [6.07, 6.45) is 5.69. The van der Waals surface area contributed by atoms with E-state index in [9.17, 15) is 9.59 Å². The molecule has 0 saturated carbocycles. The Morgan fingerprint density at radius 1 is 1.39 bits per heavy atom. The summed E-state index contributed by atoms with van der Waals surface area (Å²) in [7, 11) is 3.55. The van der Waals surface area contributed by atoms with Crippen LogP contribution in [-0.2, 0) is 9.47 Å². The zero-order valence-electron chi connectivity index (χ0n) is 22.6. The number of aromatic nitrogens is 1. The molecule has 4 rings (SSSR count). The summed E-state index contributed by atoms with van der Waals surface area (Å²) < 4.78 is 17.5. The monoisotopic (exact) mass is 524 g/mol. The Kier molecular flexibility index (Phi) is 8.48. The molecule has 2 aliphatic rings. The van der Waals surface area contributed by atoms with Crippen LogP contribution in [0.4, 0.5) is 10.5 Å². The number of nitrogens with zero attached hydrogens (tertiary/aromatic N) is 3. The van der Waals surface area contributed by atoms with Gasteiger partial charge >= 0.3 is 6.09 Å². The summed E-state index contributed by atoms with van der Waals surface area (Å²) in [6.45, 7) is 6.96. The second-order valence-corrected chi connectivity index (χ2v) is 9.39. The van der Waals surface area contributed by atoms with Crippen molar-refractivity contribution in [3.63, 3.8) is 0 Å². The molecule has 4 heterocycles. The van der Waals surface area contributed by atoms with Gasteiger partial charge in [-0.15, -0.1) is 0 Å². The Bertz CT molecular complexity index is 1280. The average molecular weight is 525 g/mol. The van der Waals surface area contributed by atoms with E-state index in [2.05, 4.69) is 10.7 Å². The van der Waals surface area contributed by atoms with Crippen LogP contribution in [0.3, 0.4) is 0 Å². The number of hydrazine groups is 1. The average Bonchev–Trinajstić information content (AvgIpc) is 3.50. The Morgan fingerprint density at radius 2 is 2.18 bits per heavy atom. The first kappa shape index (κ1) is 27.3. The largest absolute Gasteiger partial charge is 0.449 e. The number of anilines is 1. The zero-order chi connectivity index (χ0) is 27.4. The number of pyridine rings is 1. The van der Waals surface area contributed by atoms with Crippen LogP contribution in [-0.4, -0.2) is 74.1 Å². The maximum absolute atomic E-state index is 13.7. The van der Waals surface area contributed by atoms with Crippen LogP contribution in [0.15, 0.2) is 28.5 Å². The lowest BCUT2D eigenvalue weighted by Crippen LogP contribution is -2.46. The van der Waals surface area contributed by atoms with E-state index in [1.165, 1.54) is 11.1 Å². The number of aryl methyl sites for hydroxylation is 1. The van der Waals surface area contributed by atoms with Crippen molar-refractivity contribution in [2.45, 2.75) is 52.2 Å². The first-order valence-corrected chi connectivity index (χ1v) is 12.9. The van der Waals surface area contributed by atoms with Gasteiger partial charge in [0.1, 0.15) is 11.2 Å². The molecular formula is C27H36N6O5. The van der Waals surface area contributed by atoms with Gasteiger partial charge in [0.05, 0.1) is 24.0 Å².